The van der Waals surface area contributed by atoms with Gasteiger partial charge in [-0.05, 0) is 36.4 Å². The first-order valence-electron chi connectivity index (χ1n) is 13.7. The molecule has 0 fully saturated rings. The molecule has 0 aliphatic carbocycles. The largest absolute Gasteiger partial charge is 0.433 e. The van der Waals surface area contributed by atoms with E-state index in [1.807, 2.05) is 0 Å². The van der Waals surface area contributed by atoms with Crippen LogP contribution in [0.25, 0.3) is 22.3 Å². The Balaban J connectivity index is 0.000000206. The summed E-state index contributed by atoms with van der Waals surface area (Å²) in [7, 11) is 0. The topological polar surface area (TPSA) is 115 Å². The summed E-state index contributed by atoms with van der Waals surface area (Å²) in [5.41, 5.74) is 6.88. The third-order valence-corrected chi connectivity index (χ3v) is 7.56. The van der Waals surface area contributed by atoms with Gasteiger partial charge in [0.2, 0.25) is 0 Å². The number of imide groups is 1. The van der Waals surface area contributed by atoms with Crippen molar-refractivity contribution in [1.29, 1.82) is 0 Å². The van der Waals surface area contributed by atoms with Crippen LogP contribution in [0.4, 0.5) is 26.3 Å². The van der Waals surface area contributed by atoms with Crippen LogP contribution in [-0.4, -0.2) is 36.7 Å². The average Bonchev–Trinajstić information content (AvgIpc) is 3.30. The number of aromatic nitrogens is 4. The van der Waals surface area contributed by atoms with E-state index in [-0.39, 0.29) is 18.1 Å². The van der Waals surface area contributed by atoms with Gasteiger partial charge >= 0.3 is 12.4 Å². The summed E-state index contributed by atoms with van der Waals surface area (Å²) in [6.07, 6.45) is -4.07. The number of hydrogen-bond donors (Lipinski definition) is 1. The van der Waals surface area contributed by atoms with Crippen molar-refractivity contribution in [1.82, 2.24) is 24.8 Å². The fraction of sp³-hybridized carbons (Fsp3) is 0.125. The molecule has 6 rings (SSSR count). The Morgan fingerprint density at radius 2 is 1.04 bits per heavy atom. The molecule has 246 valence electrons. The maximum atomic E-state index is 12.7. The zero-order chi connectivity index (χ0) is 34.8. The van der Waals surface area contributed by atoms with Gasteiger partial charge in [0.05, 0.1) is 39.1 Å². The highest BCUT2D eigenvalue weighted by atomic mass is 35.5. The highest BCUT2D eigenvalue weighted by Gasteiger charge is 2.36. The van der Waals surface area contributed by atoms with Crippen molar-refractivity contribution >= 4 is 35.0 Å². The van der Waals surface area contributed by atoms with Gasteiger partial charge in [0.25, 0.3) is 11.8 Å². The van der Waals surface area contributed by atoms with Gasteiger partial charge in [-0.2, -0.15) is 26.3 Å². The van der Waals surface area contributed by atoms with Crippen LogP contribution in [0, 0.1) is 0 Å². The SMILES string of the molecule is NCc1cc(-c2ccc(C(F)(F)F)nc2)c(Cl)cn1.O=C1c2ccccc2C(=O)N1Cc1cc(-c2ccc(C(F)(F)F)nc2)c(Cl)cn1. The first kappa shape index (κ1) is 34.4. The molecule has 5 heterocycles. The minimum absolute atomic E-state index is 0.0927. The number of fused-ring (bicyclic) bond motifs is 1. The average molecular weight is 705 g/mol. The van der Waals surface area contributed by atoms with Gasteiger partial charge in [-0.15, -0.1) is 0 Å². The van der Waals surface area contributed by atoms with Crippen molar-refractivity contribution in [2.24, 2.45) is 5.73 Å². The molecule has 1 aromatic carbocycles. The summed E-state index contributed by atoms with van der Waals surface area (Å²) < 4.78 is 75.3. The van der Waals surface area contributed by atoms with Crippen molar-refractivity contribution in [2.75, 3.05) is 0 Å². The van der Waals surface area contributed by atoms with Crippen molar-refractivity contribution < 1.29 is 35.9 Å². The van der Waals surface area contributed by atoms with E-state index in [9.17, 15) is 35.9 Å². The summed E-state index contributed by atoms with van der Waals surface area (Å²) >= 11 is 12.1. The second-order valence-electron chi connectivity index (χ2n) is 10.1. The molecule has 0 atom stereocenters. The fourth-order valence-electron chi connectivity index (χ4n) is 4.59. The quantitative estimate of drug-likeness (QED) is 0.146. The first-order chi connectivity index (χ1) is 22.7. The van der Waals surface area contributed by atoms with E-state index in [2.05, 4.69) is 19.9 Å². The van der Waals surface area contributed by atoms with Crippen molar-refractivity contribution in [3.05, 3.63) is 129 Å². The zero-order valence-corrected chi connectivity index (χ0v) is 25.7. The van der Waals surface area contributed by atoms with E-state index >= 15 is 0 Å². The maximum absolute atomic E-state index is 12.7. The molecular weight excluding hydrogens is 685 g/mol. The number of hydrogen-bond acceptors (Lipinski definition) is 7. The van der Waals surface area contributed by atoms with Crippen molar-refractivity contribution in [3.8, 4) is 22.3 Å². The van der Waals surface area contributed by atoms with E-state index in [1.165, 1.54) is 30.6 Å². The number of alkyl halides is 6. The molecule has 0 bridgehead atoms. The number of carbonyl (C=O) groups is 2. The molecule has 1 aliphatic rings. The third-order valence-electron chi connectivity index (χ3n) is 6.96. The Hall–Kier alpha value is -4.92. The van der Waals surface area contributed by atoms with Crippen LogP contribution in [0.5, 0.6) is 0 Å². The summed E-state index contributed by atoms with van der Waals surface area (Å²) in [5, 5.41) is 0.538. The van der Waals surface area contributed by atoms with Crippen LogP contribution < -0.4 is 5.73 Å². The molecule has 16 heteroatoms. The Bertz CT molecular complexity index is 1950. The van der Waals surface area contributed by atoms with Crippen LogP contribution in [0.3, 0.4) is 0 Å². The molecule has 4 aromatic heterocycles. The molecule has 2 N–H and O–H groups in total. The minimum atomic E-state index is -4.54. The lowest BCUT2D eigenvalue weighted by molar-refractivity contribution is -0.141. The summed E-state index contributed by atoms with van der Waals surface area (Å²) in [4.78, 5) is 41.0. The lowest BCUT2D eigenvalue weighted by Gasteiger charge is -2.14. The molecule has 8 nitrogen and oxygen atoms in total. The van der Waals surface area contributed by atoms with Crippen LogP contribution in [0.1, 0.15) is 43.5 Å². The molecule has 0 radical (unpaired) electrons. The van der Waals surface area contributed by atoms with Gasteiger partial charge in [-0.3, -0.25) is 34.4 Å². The Kier molecular flexibility index (Phi) is 9.80. The lowest BCUT2D eigenvalue weighted by Crippen LogP contribution is -2.29. The molecule has 2 amide bonds. The highest BCUT2D eigenvalue weighted by molar-refractivity contribution is 6.33. The molecule has 0 unspecified atom stereocenters. The van der Waals surface area contributed by atoms with Gasteiger partial charge in [0, 0.05) is 53.6 Å². The fourth-order valence-corrected chi connectivity index (χ4v) is 5.02. The van der Waals surface area contributed by atoms with Gasteiger partial charge in [-0.1, -0.05) is 47.5 Å². The number of carbonyl (C=O) groups excluding carboxylic acids is 2. The number of halogens is 8. The van der Waals surface area contributed by atoms with E-state index in [1.54, 1.807) is 30.3 Å². The van der Waals surface area contributed by atoms with E-state index < -0.39 is 35.6 Å². The monoisotopic (exact) mass is 704 g/mol. The Morgan fingerprint density at radius 1 is 0.604 bits per heavy atom. The molecule has 0 saturated carbocycles. The molecule has 48 heavy (non-hydrogen) atoms. The van der Waals surface area contributed by atoms with Crippen LogP contribution in [0.15, 0.2) is 85.5 Å². The number of nitrogens with two attached hydrogens (primary N) is 1. The summed E-state index contributed by atoms with van der Waals surface area (Å²) in [6.45, 7) is 0.128. The highest BCUT2D eigenvalue weighted by Crippen LogP contribution is 2.33. The summed E-state index contributed by atoms with van der Waals surface area (Å²) in [5.74, 6) is -0.861. The van der Waals surface area contributed by atoms with Crippen molar-refractivity contribution in [3.63, 3.8) is 0 Å². The smallest absolute Gasteiger partial charge is 0.325 e. The molecular formula is C32H20Cl2F6N6O2. The molecule has 0 saturated heterocycles. The second-order valence-corrected chi connectivity index (χ2v) is 10.9. The van der Waals surface area contributed by atoms with Crippen molar-refractivity contribution in [2.45, 2.75) is 25.4 Å². The zero-order valence-electron chi connectivity index (χ0n) is 24.2. The Labute approximate surface area is 278 Å². The van der Waals surface area contributed by atoms with E-state index in [0.717, 1.165) is 29.4 Å². The van der Waals surface area contributed by atoms with Crippen LogP contribution in [-0.2, 0) is 25.4 Å². The molecule has 0 spiro atoms. The van der Waals surface area contributed by atoms with Gasteiger partial charge in [-0.25, -0.2) is 0 Å². The minimum Gasteiger partial charge on any atom is -0.325 e. The third kappa shape index (κ3) is 7.46. The number of benzene rings is 1. The number of rotatable bonds is 5. The number of pyridine rings is 4. The van der Waals surface area contributed by atoms with Crippen LogP contribution in [0.2, 0.25) is 10.0 Å². The van der Waals surface area contributed by atoms with Gasteiger partial charge < -0.3 is 5.73 Å². The predicted octanol–water partition coefficient (Wildman–Crippen LogP) is 7.89. The Morgan fingerprint density at radius 3 is 1.44 bits per heavy atom. The molecule has 5 aromatic rings. The summed E-state index contributed by atoms with van der Waals surface area (Å²) in [6, 6.07) is 14.0. The van der Waals surface area contributed by atoms with E-state index in [0.29, 0.717) is 49.8 Å². The normalized spacial score (nSPS) is 12.9. The maximum Gasteiger partial charge on any atom is 0.433 e. The molecule has 1 aliphatic heterocycles. The first-order valence-corrected chi connectivity index (χ1v) is 14.4. The van der Waals surface area contributed by atoms with Gasteiger partial charge in [0.15, 0.2) is 0 Å². The van der Waals surface area contributed by atoms with Crippen LogP contribution >= 0.6 is 23.2 Å². The standard InChI is InChI=1S/C20H11ClF3N3O2.C12H9ClF3N3/c21-16-9-25-12(7-15(16)11-5-6-17(26-8-11)20(22,23)24)10-27-18(28)13-3-1-2-4-14(13)19(27)29;13-10-6-18-8(4-17)3-9(10)7-1-2-11(19-5-7)12(14,15)16/h1-9H,10H2;1-3,5-6H,4,17H2. The number of nitrogens with zero attached hydrogens (tertiary/aromatic N) is 5. The number of amides is 2. The second kappa shape index (κ2) is 13.7. The van der Waals surface area contributed by atoms with E-state index in [4.69, 9.17) is 28.9 Å². The van der Waals surface area contributed by atoms with Gasteiger partial charge in [0.1, 0.15) is 11.4 Å². The predicted molar refractivity (Wildman–Crippen MR) is 163 cm³/mol. The lowest BCUT2D eigenvalue weighted by atomic mass is 10.1.